The van der Waals surface area contributed by atoms with Gasteiger partial charge in [-0.05, 0) is 25.8 Å². The van der Waals surface area contributed by atoms with Crippen LogP contribution in [0.2, 0.25) is 0 Å². The average Bonchev–Trinajstić information content (AvgIpc) is 3.16. The van der Waals surface area contributed by atoms with Crippen molar-refractivity contribution in [2.24, 2.45) is 0 Å². The lowest BCUT2D eigenvalue weighted by Gasteiger charge is -2.15. The molecule has 0 bridgehead atoms. The largest absolute Gasteiger partial charge is 0.345 e. The first-order valence-corrected chi connectivity index (χ1v) is 10.9. The lowest BCUT2D eigenvalue weighted by atomic mass is 10.0. The van der Waals surface area contributed by atoms with Gasteiger partial charge in [0.1, 0.15) is 0 Å². The Hall–Kier alpha value is -2.44. The van der Waals surface area contributed by atoms with Gasteiger partial charge in [-0.25, -0.2) is 4.98 Å². The summed E-state index contributed by atoms with van der Waals surface area (Å²) in [4.78, 5) is 28.8. The molecule has 1 aromatic heterocycles. The highest BCUT2D eigenvalue weighted by Crippen LogP contribution is 2.28. The van der Waals surface area contributed by atoms with Gasteiger partial charge in [-0.3, -0.25) is 9.59 Å². The van der Waals surface area contributed by atoms with Crippen molar-refractivity contribution in [1.82, 2.24) is 10.3 Å². The van der Waals surface area contributed by atoms with E-state index in [1.807, 2.05) is 47.8 Å². The number of aromatic nitrogens is 1. The molecule has 28 heavy (non-hydrogen) atoms. The number of nitrogens with zero attached hydrogens (tertiary/aromatic N) is 1. The first kappa shape index (κ1) is 20.3. The fraction of sp³-hybridized carbons (Fsp3) is 0.227. The monoisotopic (exact) mass is 410 g/mol. The zero-order valence-electron chi connectivity index (χ0n) is 15.8. The molecule has 4 nitrogen and oxygen atoms in total. The molecule has 0 saturated heterocycles. The molecular weight excluding hydrogens is 388 g/mol. The van der Waals surface area contributed by atoms with Crippen molar-refractivity contribution in [2.45, 2.75) is 30.6 Å². The molecule has 1 unspecified atom stereocenters. The van der Waals surface area contributed by atoms with E-state index < -0.39 is 6.04 Å². The van der Waals surface area contributed by atoms with Crippen molar-refractivity contribution in [1.29, 1.82) is 0 Å². The van der Waals surface area contributed by atoms with Crippen LogP contribution in [-0.4, -0.2) is 28.5 Å². The Bertz CT molecular complexity index is 937. The van der Waals surface area contributed by atoms with E-state index in [1.54, 1.807) is 0 Å². The predicted molar refractivity (Wildman–Crippen MR) is 116 cm³/mol. The first-order valence-electron chi connectivity index (χ1n) is 9.00. The van der Waals surface area contributed by atoms with Gasteiger partial charge in [-0.2, -0.15) is 0 Å². The average molecular weight is 411 g/mol. The number of aryl methyl sites for hydroxylation is 1. The fourth-order valence-corrected chi connectivity index (χ4v) is 4.34. The molecule has 1 atom stereocenters. The number of rotatable bonds is 8. The second-order valence-corrected chi connectivity index (χ2v) is 8.65. The fourth-order valence-electron chi connectivity index (χ4n) is 2.69. The number of benzene rings is 2. The van der Waals surface area contributed by atoms with Crippen LogP contribution in [0.3, 0.4) is 0 Å². The zero-order valence-corrected chi connectivity index (χ0v) is 17.5. The van der Waals surface area contributed by atoms with Crippen LogP contribution in [0.5, 0.6) is 0 Å². The number of thiazole rings is 1. The van der Waals surface area contributed by atoms with E-state index in [2.05, 4.69) is 29.4 Å². The molecule has 1 heterocycles. The second kappa shape index (κ2) is 9.66. The summed E-state index contributed by atoms with van der Waals surface area (Å²) in [5.74, 6) is 0.0331. The van der Waals surface area contributed by atoms with Gasteiger partial charge in [-0.1, -0.05) is 71.9 Å². The highest BCUT2D eigenvalue weighted by atomic mass is 32.2. The molecule has 0 aliphatic rings. The Balaban J connectivity index is 1.54. The van der Waals surface area contributed by atoms with Gasteiger partial charge < -0.3 is 5.32 Å². The number of thioether (sulfide) groups is 1. The maximum atomic E-state index is 12.3. The normalized spacial score (nSPS) is 11.8. The summed E-state index contributed by atoms with van der Waals surface area (Å²) in [5.41, 5.74) is 4.22. The quantitative estimate of drug-likeness (QED) is 0.555. The van der Waals surface area contributed by atoms with E-state index in [1.165, 1.54) is 35.6 Å². The highest BCUT2D eigenvalue weighted by molar-refractivity contribution is 8.01. The van der Waals surface area contributed by atoms with Crippen molar-refractivity contribution < 1.29 is 9.59 Å². The zero-order chi connectivity index (χ0) is 19.9. The van der Waals surface area contributed by atoms with Crippen molar-refractivity contribution in [3.63, 3.8) is 0 Å². The molecule has 0 spiro atoms. The molecule has 2 aromatic carbocycles. The molecule has 3 aromatic rings. The lowest BCUT2D eigenvalue weighted by Crippen LogP contribution is -2.42. The van der Waals surface area contributed by atoms with Crippen LogP contribution in [0.15, 0.2) is 64.3 Å². The first-order chi connectivity index (χ1) is 13.5. The third-order valence-corrected chi connectivity index (χ3v) is 6.29. The number of hydrogen-bond donors (Lipinski definition) is 1. The molecule has 0 saturated carbocycles. The molecule has 6 heteroatoms. The number of hydrogen-bond acceptors (Lipinski definition) is 5. The number of Topliss-reactive ketones (excluding diaryl/α,β-unsaturated/α-hetero) is 1. The summed E-state index contributed by atoms with van der Waals surface area (Å²) in [5, 5.41) is 4.85. The van der Waals surface area contributed by atoms with Gasteiger partial charge >= 0.3 is 0 Å². The van der Waals surface area contributed by atoms with Crippen LogP contribution >= 0.6 is 23.1 Å². The standard InChI is InChI=1S/C22H22N2O2S2/c1-15-8-10-18(11-9-15)20-13-27-22(24-20)28-14-21(26)23-19(16(2)25)12-17-6-4-3-5-7-17/h3-11,13,19H,12,14H2,1-2H3,(H,23,26). The Morgan fingerprint density at radius 1 is 1.11 bits per heavy atom. The number of amides is 1. The maximum Gasteiger partial charge on any atom is 0.231 e. The van der Waals surface area contributed by atoms with Gasteiger partial charge in [0.15, 0.2) is 10.1 Å². The molecule has 0 aliphatic heterocycles. The molecule has 1 N–H and O–H groups in total. The van der Waals surface area contributed by atoms with Crippen LogP contribution in [0.1, 0.15) is 18.1 Å². The molecule has 1 amide bonds. The third kappa shape index (κ3) is 5.78. The number of carbonyl (C=O) groups excluding carboxylic acids is 2. The van der Waals surface area contributed by atoms with Gasteiger partial charge in [0, 0.05) is 10.9 Å². The molecule has 0 aliphatic carbocycles. The topological polar surface area (TPSA) is 59.1 Å². The Kier molecular flexibility index (Phi) is 7.01. The minimum absolute atomic E-state index is 0.0434. The number of ketones is 1. The van der Waals surface area contributed by atoms with Crippen molar-refractivity contribution in [3.8, 4) is 11.3 Å². The number of carbonyl (C=O) groups is 2. The summed E-state index contributed by atoms with van der Waals surface area (Å²) in [6.45, 7) is 3.56. The van der Waals surface area contributed by atoms with Crippen LogP contribution in [0.4, 0.5) is 0 Å². The summed E-state index contributed by atoms with van der Waals surface area (Å²) < 4.78 is 0.841. The van der Waals surface area contributed by atoms with Crippen LogP contribution in [-0.2, 0) is 16.0 Å². The van der Waals surface area contributed by atoms with Gasteiger partial charge in [0.2, 0.25) is 5.91 Å². The Morgan fingerprint density at radius 3 is 2.50 bits per heavy atom. The van der Waals surface area contributed by atoms with E-state index >= 15 is 0 Å². The smallest absolute Gasteiger partial charge is 0.231 e. The summed E-state index contributed by atoms with van der Waals surface area (Å²) in [6, 6.07) is 17.4. The van der Waals surface area contributed by atoms with Crippen LogP contribution in [0, 0.1) is 6.92 Å². The molecule has 0 radical (unpaired) electrons. The summed E-state index contributed by atoms with van der Waals surface area (Å²) in [6.07, 6.45) is 0.501. The minimum Gasteiger partial charge on any atom is -0.345 e. The van der Waals surface area contributed by atoms with Crippen LogP contribution < -0.4 is 5.32 Å². The minimum atomic E-state index is -0.505. The highest BCUT2D eigenvalue weighted by Gasteiger charge is 2.18. The summed E-state index contributed by atoms with van der Waals surface area (Å²) in [7, 11) is 0. The van der Waals surface area contributed by atoms with Gasteiger partial charge in [0.25, 0.3) is 0 Å². The SMILES string of the molecule is CC(=O)C(Cc1ccccc1)NC(=O)CSc1nc(-c2ccc(C)cc2)cs1. The van der Waals surface area contributed by atoms with Gasteiger partial charge in [-0.15, -0.1) is 11.3 Å². The van der Waals surface area contributed by atoms with Crippen LogP contribution in [0.25, 0.3) is 11.3 Å². The Labute approximate surface area is 173 Å². The molecular formula is C22H22N2O2S2. The lowest BCUT2D eigenvalue weighted by molar-refractivity contribution is -0.125. The Morgan fingerprint density at radius 2 is 1.82 bits per heavy atom. The van der Waals surface area contributed by atoms with Crippen molar-refractivity contribution >= 4 is 34.8 Å². The van der Waals surface area contributed by atoms with E-state index in [0.29, 0.717) is 6.42 Å². The van der Waals surface area contributed by atoms with E-state index in [4.69, 9.17) is 0 Å². The second-order valence-electron chi connectivity index (χ2n) is 6.57. The summed E-state index contributed by atoms with van der Waals surface area (Å²) >= 11 is 2.91. The molecule has 0 fully saturated rings. The van der Waals surface area contributed by atoms with E-state index in [9.17, 15) is 9.59 Å². The van der Waals surface area contributed by atoms with Crippen molar-refractivity contribution in [2.75, 3.05) is 5.75 Å². The van der Waals surface area contributed by atoms with Gasteiger partial charge in [0.05, 0.1) is 17.5 Å². The third-order valence-electron chi connectivity index (χ3n) is 4.27. The van der Waals surface area contributed by atoms with Crippen molar-refractivity contribution in [3.05, 3.63) is 71.1 Å². The maximum absolute atomic E-state index is 12.3. The van der Waals surface area contributed by atoms with E-state index in [-0.39, 0.29) is 17.4 Å². The van der Waals surface area contributed by atoms with E-state index in [0.717, 1.165) is 21.2 Å². The molecule has 3 rings (SSSR count). The molecule has 144 valence electrons. The number of nitrogens with one attached hydrogen (secondary N) is 1. The predicted octanol–water partition coefficient (Wildman–Crippen LogP) is 4.53.